The van der Waals surface area contributed by atoms with Gasteiger partial charge in [0.15, 0.2) is 0 Å². The number of hydrogen-bond donors (Lipinski definition) is 1. The van der Waals surface area contributed by atoms with Crippen molar-refractivity contribution in [3.8, 4) is 0 Å². The van der Waals surface area contributed by atoms with Crippen LogP contribution >= 0.6 is 15.9 Å². The summed E-state index contributed by atoms with van der Waals surface area (Å²) in [5.41, 5.74) is 1.15. The average molecular weight is 342 g/mol. The molecule has 0 saturated carbocycles. The Balaban J connectivity index is 2.62. The lowest BCUT2D eigenvalue weighted by molar-refractivity contribution is -0.134. The number of aryl methyl sites for hydroxylation is 1. The number of hydrogen-bond acceptors (Lipinski definition) is 2. The summed E-state index contributed by atoms with van der Waals surface area (Å²) >= 11 is 3.44. The summed E-state index contributed by atoms with van der Waals surface area (Å²) in [6.45, 7) is 4.63. The van der Waals surface area contributed by atoms with Gasteiger partial charge in [0.2, 0.25) is 5.91 Å². The van der Waals surface area contributed by atoms with Gasteiger partial charge in [-0.25, -0.2) is 0 Å². The van der Waals surface area contributed by atoms with Crippen LogP contribution in [0, 0.1) is 0 Å². The first-order valence-electron chi connectivity index (χ1n) is 7.27. The first kappa shape index (κ1) is 17.2. The minimum Gasteiger partial charge on any atom is -0.395 e. The Morgan fingerprint density at radius 2 is 2.05 bits per heavy atom. The molecule has 0 spiro atoms. The molecule has 0 fully saturated rings. The van der Waals surface area contributed by atoms with E-state index in [0.29, 0.717) is 13.0 Å². The van der Waals surface area contributed by atoms with Gasteiger partial charge in [-0.1, -0.05) is 41.9 Å². The molecule has 1 N–H and O–H groups in total. The molecule has 0 saturated heterocycles. The predicted molar refractivity (Wildman–Crippen MR) is 85.6 cm³/mol. The summed E-state index contributed by atoms with van der Waals surface area (Å²) < 4.78 is 1.04. The fourth-order valence-corrected chi connectivity index (χ4v) is 2.88. The van der Waals surface area contributed by atoms with Crippen LogP contribution in [0.15, 0.2) is 28.7 Å². The predicted octanol–water partition coefficient (Wildman–Crippen LogP) is 3.39. The summed E-state index contributed by atoms with van der Waals surface area (Å²) in [4.78, 5) is 14.2. The molecule has 0 radical (unpaired) electrons. The fraction of sp³-hybridized carbons (Fsp3) is 0.562. The minimum atomic E-state index is 0.0269. The molecule has 0 bridgehead atoms. The molecular weight excluding hydrogens is 318 g/mol. The van der Waals surface area contributed by atoms with Crippen molar-refractivity contribution in [1.82, 2.24) is 4.90 Å². The van der Waals surface area contributed by atoms with Gasteiger partial charge in [0, 0.05) is 23.5 Å². The molecule has 0 aromatic heterocycles. The van der Waals surface area contributed by atoms with E-state index in [1.807, 2.05) is 29.2 Å². The number of rotatable bonds is 8. The number of aliphatic hydroxyl groups is 1. The molecule has 0 unspecified atom stereocenters. The molecule has 1 aromatic rings. The molecule has 112 valence electrons. The molecule has 0 heterocycles. The van der Waals surface area contributed by atoms with Gasteiger partial charge in [-0.05, 0) is 37.0 Å². The summed E-state index contributed by atoms with van der Waals surface area (Å²) in [5, 5.41) is 9.15. The third-order valence-electron chi connectivity index (χ3n) is 3.56. The lowest BCUT2D eigenvalue weighted by Crippen LogP contribution is -2.41. The molecule has 0 aliphatic heterocycles. The minimum absolute atomic E-state index is 0.0269. The van der Waals surface area contributed by atoms with E-state index >= 15 is 0 Å². The maximum Gasteiger partial charge on any atom is 0.223 e. The Morgan fingerprint density at radius 3 is 2.60 bits per heavy atom. The number of benzene rings is 1. The molecule has 0 aliphatic rings. The second kappa shape index (κ2) is 9.14. The quantitative estimate of drug-likeness (QED) is 0.787. The zero-order valence-electron chi connectivity index (χ0n) is 12.3. The highest BCUT2D eigenvalue weighted by molar-refractivity contribution is 9.10. The third kappa shape index (κ3) is 5.25. The van der Waals surface area contributed by atoms with Crippen LogP contribution in [0.3, 0.4) is 0 Å². The number of carbonyl (C=O) groups excluding carboxylic acids is 1. The first-order valence-corrected chi connectivity index (χ1v) is 8.06. The Morgan fingerprint density at radius 1 is 1.35 bits per heavy atom. The number of amides is 1. The standard InChI is InChI=1S/C16H24BrNO2/c1-3-15(4-2)18(10-11-19)16(20)9-8-13-6-5-7-14(17)12-13/h5-7,12,15,19H,3-4,8-11H2,1-2H3. The average Bonchev–Trinajstić information content (AvgIpc) is 2.45. The largest absolute Gasteiger partial charge is 0.395 e. The Labute approximate surface area is 130 Å². The van der Waals surface area contributed by atoms with E-state index in [0.717, 1.165) is 29.3 Å². The zero-order chi connectivity index (χ0) is 15.0. The fourth-order valence-electron chi connectivity index (χ4n) is 2.44. The number of aliphatic hydroxyl groups excluding tert-OH is 1. The van der Waals surface area contributed by atoms with E-state index < -0.39 is 0 Å². The zero-order valence-corrected chi connectivity index (χ0v) is 13.9. The van der Waals surface area contributed by atoms with E-state index in [2.05, 4.69) is 29.8 Å². The van der Waals surface area contributed by atoms with Crippen LogP contribution in [0.2, 0.25) is 0 Å². The van der Waals surface area contributed by atoms with Crippen LogP contribution in [0.1, 0.15) is 38.7 Å². The van der Waals surface area contributed by atoms with Gasteiger partial charge in [0.05, 0.1) is 6.61 Å². The molecule has 0 aliphatic carbocycles. The SMILES string of the molecule is CCC(CC)N(CCO)C(=O)CCc1cccc(Br)c1. The normalized spacial score (nSPS) is 10.8. The summed E-state index contributed by atoms with van der Waals surface area (Å²) in [5.74, 6) is 0.132. The highest BCUT2D eigenvalue weighted by Crippen LogP contribution is 2.15. The molecule has 0 atom stereocenters. The topological polar surface area (TPSA) is 40.5 Å². The molecule has 4 heteroatoms. The van der Waals surface area contributed by atoms with Crippen LogP contribution in [0.5, 0.6) is 0 Å². The van der Waals surface area contributed by atoms with Gasteiger partial charge < -0.3 is 10.0 Å². The van der Waals surface area contributed by atoms with Crippen molar-refractivity contribution in [2.24, 2.45) is 0 Å². The van der Waals surface area contributed by atoms with E-state index in [1.165, 1.54) is 0 Å². The van der Waals surface area contributed by atoms with Crippen molar-refractivity contribution in [3.63, 3.8) is 0 Å². The molecule has 1 aromatic carbocycles. The van der Waals surface area contributed by atoms with Gasteiger partial charge in [0.1, 0.15) is 0 Å². The summed E-state index contributed by atoms with van der Waals surface area (Å²) in [6, 6.07) is 8.27. The molecule has 3 nitrogen and oxygen atoms in total. The van der Waals surface area contributed by atoms with Crippen LogP contribution in [-0.4, -0.2) is 35.1 Å². The van der Waals surface area contributed by atoms with Crippen LogP contribution in [-0.2, 0) is 11.2 Å². The van der Waals surface area contributed by atoms with Crippen molar-refractivity contribution < 1.29 is 9.90 Å². The van der Waals surface area contributed by atoms with Gasteiger partial charge in [-0.2, -0.15) is 0 Å². The number of nitrogens with zero attached hydrogens (tertiary/aromatic N) is 1. The maximum atomic E-state index is 12.4. The van der Waals surface area contributed by atoms with Crippen LogP contribution in [0.4, 0.5) is 0 Å². The van der Waals surface area contributed by atoms with E-state index in [9.17, 15) is 4.79 Å². The van der Waals surface area contributed by atoms with Crippen molar-refractivity contribution in [2.45, 2.75) is 45.6 Å². The van der Waals surface area contributed by atoms with Gasteiger partial charge in [-0.15, -0.1) is 0 Å². The highest BCUT2D eigenvalue weighted by atomic mass is 79.9. The number of carbonyl (C=O) groups is 1. The van der Waals surface area contributed by atoms with Crippen molar-refractivity contribution >= 4 is 21.8 Å². The van der Waals surface area contributed by atoms with Gasteiger partial charge >= 0.3 is 0 Å². The molecular formula is C16H24BrNO2. The Hall–Kier alpha value is -0.870. The lowest BCUT2D eigenvalue weighted by Gasteiger charge is -2.30. The van der Waals surface area contributed by atoms with Crippen molar-refractivity contribution in [3.05, 3.63) is 34.3 Å². The molecule has 20 heavy (non-hydrogen) atoms. The van der Waals surface area contributed by atoms with E-state index in [1.54, 1.807) is 0 Å². The second-order valence-electron chi connectivity index (χ2n) is 4.91. The van der Waals surface area contributed by atoms with Crippen molar-refractivity contribution in [1.29, 1.82) is 0 Å². The lowest BCUT2D eigenvalue weighted by atomic mass is 10.1. The molecule has 1 rings (SSSR count). The smallest absolute Gasteiger partial charge is 0.223 e. The number of halogens is 1. The van der Waals surface area contributed by atoms with Crippen molar-refractivity contribution in [2.75, 3.05) is 13.2 Å². The van der Waals surface area contributed by atoms with Crippen LogP contribution in [0.25, 0.3) is 0 Å². The summed E-state index contributed by atoms with van der Waals surface area (Å²) in [7, 11) is 0. The van der Waals surface area contributed by atoms with Gasteiger partial charge in [0.25, 0.3) is 0 Å². The van der Waals surface area contributed by atoms with E-state index in [4.69, 9.17) is 5.11 Å². The summed E-state index contributed by atoms with van der Waals surface area (Å²) in [6.07, 6.45) is 3.09. The maximum absolute atomic E-state index is 12.4. The Bertz CT molecular complexity index is 419. The van der Waals surface area contributed by atoms with E-state index in [-0.39, 0.29) is 18.6 Å². The third-order valence-corrected chi connectivity index (χ3v) is 4.05. The monoisotopic (exact) mass is 341 g/mol. The second-order valence-corrected chi connectivity index (χ2v) is 5.83. The van der Waals surface area contributed by atoms with Gasteiger partial charge in [-0.3, -0.25) is 4.79 Å². The first-order chi connectivity index (χ1) is 9.62. The van der Waals surface area contributed by atoms with Crippen LogP contribution < -0.4 is 0 Å². The highest BCUT2D eigenvalue weighted by Gasteiger charge is 2.20. The molecule has 1 amide bonds. The Kier molecular flexibility index (Phi) is 7.85.